The molecule has 6 heteroatoms. The van der Waals surface area contributed by atoms with E-state index in [1.807, 2.05) is 6.92 Å². The Hall–Kier alpha value is -2.18. The van der Waals surface area contributed by atoms with Gasteiger partial charge in [0.1, 0.15) is 5.76 Å². The molecule has 1 atom stereocenters. The number of rotatable bonds is 6. The number of aryl methyl sites for hydroxylation is 1. The molecule has 0 saturated carbocycles. The van der Waals surface area contributed by atoms with Gasteiger partial charge in [-0.3, -0.25) is 9.69 Å². The number of hydrogen-bond acceptors (Lipinski definition) is 5. The first kappa shape index (κ1) is 17.6. The number of nitrogens with zero attached hydrogens (tertiary/aromatic N) is 2. The van der Waals surface area contributed by atoms with Crippen LogP contribution in [-0.2, 0) is 24.2 Å². The predicted octanol–water partition coefficient (Wildman–Crippen LogP) is 2.31. The van der Waals surface area contributed by atoms with Gasteiger partial charge in [0.15, 0.2) is 0 Å². The van der Waals surface area contributed by atoms with Crippen LogP contribution in [0.3, 0.4) is 0 Å². The lowest BCUT2D eigenvalue weighted by atomic mass is 10.1. The van der Waals surface area contributed by atoms with Crippen LogP contribution in [0, 0.1) is 6.92 Å². The highest BCUT2D eigenvalue weighted by Gasteiger charge is 2.25. The van der Waals surface area contributed by atoms with Crippen LogP contribution in [0.1, 0.15) is 40.2 Å². The summed E-state index contributed by atoms with van der Waals surface area (Å²) >= 11 is 0. The first-order chi connectivity index (χ1) is 12.1. The zero-order valence-corrected chi connectivity index (χ0v) is 15.0. The van der Waals surface area contributed by atoms with Gasteiger partial charge in [-0.1, -0.05) is 24.3 Å². The SMILES string of the molecule is COC[C@H](C)NC(=O)c1nc2c(o1)CCN(Cc1ccccc1C)C2. The quantitative estimate of drug-likeness (QED) is 0.872. The average Bonchev–Trinajstić information content (AvgIpc) is 3.00. The summed E-state index contributed by atoms with van der Waals surface area (Å²) in [6.45, 7) is 6.95. The Kier molecular flexibility index (Phi) is 5.50. The van der Waals surface area contributed by atoms with E-state index in [4.69, 9.17) is 9.15 Å². The van der Waals surface area contributed by atoms with E-state index < -0.39 is 0 Å². The lowest BCUT2D eigenvalue weighted by molar-refractivity contribution is 0.0869. The first-order valence-electron chi connectivity index (χ1n) is 8.62. The van der Waals surface area contributed by atoms with Gasteiger partial charge in [0.25, 0.3) is 5.89 Å². The molecule has 1 aromatic heterocycles. The van der Waals surface area contributed by atoms with E-state index in [9.17, 15) is 4.79 Å². The van der Waals surface area contributed by atoms with E-state index >= 15 is 0 Å². The fraction of sp³-hybridized carbons (Fsp3) is 0.474. The molecule has 2 heterocycles. The second-order valence-corrected chi connectivity index (χ2v) is 6.61. The Labute approximate surface area is 148 Å². The van der Waals surface area contributed by atoms with E-state index in [1.54, 1.807) is 7.11 Å². The van der Waals surface area contributed by atoms with Gasteiger partial charge in [0.2, 0.25) is 0 Å². The van der Waals surface area contributed by atoms with Crippen molar-refractivity contribution in [1.82, 2.24) is 15.2 Å². The van der Waals surface area contributed by atoms with Crippen molar-refractivity contribution < 1.29 is 13.9 Å². The number of aromatic nitrogens is 1. The standard InChI is InChI=1S/C19H25N3O3/c1-13-6-4-5-7-15(13)10-22-9-8-17-16(11-22)21-19(25-17)18(23)20-14(2)12-24-3/h4-7,14H,8-12H2,1-3H3,(H,20,23)/t14-/m0/s1. The van der Waals surface area contributed by atoms with Crippen LogP contribution in [0.15, 0.2) is 28.7 Å². The Morgan fingerprint density at radius 1 is 1.44 bits per heavy atom. The van der Waals surface area contributed by atoms with Gasteiger partial charge in [-0.15, -0.1) is 0 Å². The van der Waals surface area contributed by atoms with Crippen LogP contribution < -0.4 is 5.32 Å². The fourth-order valence-electron chi connectivity index (χ4n) is 3.09. The van der Waals surface area contributed by atoms with Crippen molar-refractivity contribution >= 4 is 5.91 Å². The Morgan fingerprint density at radius 2 is 2.24 bits per heavy atom. The summed E-state index contributed by atoms with van der Waals surface area (Å²) in [6, 6.07) is 8.32. The van der Waals surface area contributed by atoms with Crippen LogP contribution in [0.5, 0.6) is 0 Å². The largest absolute Gasteiger partial charge is 0.437 e. The van der Waals surface area contributed by atoms with E-state index in [0.29, 0.717) is 13.2 Å². The molecule has 0 fully saturated rings. The summed E-state index contributed by atoms with van der Waals surface area (Å²) in [5.74, 6) is 0.681. The molecule has 0 saturated heterocycles. The lowest BCUT2D eigenvalue weighted by Gasteiger charge is -2.25. The molecule has 1 amide bonds. The number of hydrogen-bond donors (Lipinski definition) is 1. The third-order valence-corrected chi connectivity index (χ3v) is 4.45. The number of amides is 1. The highest BCUT2D eigenvalue weighted by molar-refractivity contribution is 5.89. The van der Waals surface area contributed by atoms with Crippen LogP contribution in [0.2, 0.25) is 0 Å². The number of carbonyl (C=O) groups excluding carboxylic acids is 1. The third-order valence-electron chi connectivity index (χ3n) is 4.45. The van der Waals surface area contributed by atoms with Gasteiger partial charge >= 0.3 is 5.91 Å². The second-order valence-electron chi connectivity index (χ2n) is 6.61. The molecule has 1 aliphatic rings. The molecule has 3 rings (SSSR count). The minimum Gasteiger partial charge on any atom is -0.437 e. The molecule has 1 aliphatic heterocycles. The van der Waals surface area contributed by atoms with Crippen LogP contribution in [0.25, 0.3) is 0 Å². The molecule has 0 spiro atoms. The highest BCUT2D eigenvalue weighted by atomic mass is 16.5. The Bertz CT molecular complexity index is 741. The van der Waals surface area contributed by atoms with Crippen molar-refractivity contribution in [2.24, 2.45) is 0 Å². The summed E-state index contributed by atoms with van der Waals surface area (Å²) in [4.78, 5) is 19.0. The van der Waals surface area contributed by atoms with Gasteiger partial charge in [-0.05, 0) is 25.0 Å². The minimum atomic E-state index is -0.288. The summed E-state index contributed by atoms with van der Waals surface area (Å²) in [5, 5.41) is 2.83. The average molecular weight is 343 g/mol. The fourth-order valence-corrected chi connectivity index (χ4v) is 3.09. The molecule has 0 unspecified atom stereocenters. The zero-order valence-electron chi connectivity index (χ0n) is 15.0. The van der Waals surface area contributed by atoms with E-state index in [1.165, 1.54) is 11.1 Å². The summed E-state index contributed by atoms with van der Waals surface area (Å²) in [6.07, 6.45) is 0.773. The lowest BCUT2D eigenvalue weighted by Crippen LogP contribution is -2.35. The number of methoxy groups -OCH3 is 1. The number of fused-ring (bicyclic) bond motifs is 1. The van der Waals surface area contributed by atoms with Crippen molar-refractivity contribution in [3.63, 3.8) is 0 Å². The maximum absolute atomic E-state index is 12.2. The van der Waals surface area contributed by atoms with Crippen LogP contribution in [0.4, 0.5) is 0 Å². The van der Waals surface area contributed by atoms with Crippen molar-refractivity contribution in [3.8, 4) is 0 Å². The Balaban J connectivity index is 1.65. The predicted molar refractivity (Wildman–Crippen MR) is 94.3 cm³/mol. The Morgan fingerprint density at radius 3 is 3.00 bits per heavy atom. The number of nitrogens with one attached hydrogen (secondary N) is 1. The third kappa shape index (κ3) is 4.27. The monoisotopic (exact) mass is 343 g/mol. The van der Waals surface area contributed by atoms with Gasteiger partial charge in [0.05, 0.1) is 12.3 Å². The molecule has 25 heavy (non-hydrogen) atoms. The van der Waals surface area contributed by atoms with E-state index in [0.717, 1.165) is 31.0 Å². The minimum absolute atomic E-state index is 0.0843. The molecule has 1 aromatic carbocycles. The van der Waals surface area contributed by atoms with Crippen molar-refractivity contribution in [1.29, 1.82) is 0 Å². The number of benzene rings is 1. The molecule has 6 nitrogen and oxygen atoms in total. The molecule has 0 aliphatic carbocycles. The van der Waals surface area contributed by atoms with Crippen LogP contribution >= 0.6 is 0 Å². The molecule has 1 N–H and O–H groups in total. The second kappa shape index (κ2) is 7.80. The molecule has 0 bridgehead atoms. The summed E-state index contributed by atoms with van der Waals surface area (Å²) < 4.78 is 10.7. The van der Waals surface area contributed by atoms with Crippen molar-refractivity contribution in [2.75, 3.05) is 20.3 Å². The molecular weight excluding hydrogens is 318 g/mol. The van der Waals surface area contributed by atoms with Gasteiger partial charge in [-0.25, -0.2) is 4.98 Å². The van der Waals surface area contributed by atoms with E-state index in [-0.39, 0.29) is 17.8 Å². The van der Waals surface area contributed by atoms with Gasteiger partial charge < -0.3 is 14.5 Å². The van der Waals surface area contributed by atoms with Crippen LogP contribution in [-0.4, -0.2) is 42.1 Å². The molecular formula is C19H25N3O3. The maximum atomic E-state index is 12.2. The number of carbonyl (C=O) groups is 1. The summed E-state index contributed by atoms with van der Waals surface area (Å²) in [7, 11) is 1.61. The zero-order chi connectivity index (χ0) is 17.8. The first-order valence-corrected chi connectivity index (χ1v) is 8.62. The number of oxazole rings is 1. The maximum Gasteiger partial charge on any atom is 0.307 e. The topological polar surface area (TPSA) is 67.6 Å². The normalized spacial score (nSPS) is 15.6. The van der Waals surface area contributed by atoms with E-state index in [2.05, 4.69) is 46.4 Å². The van der Waals surface area contributed by atoms with Crippen molar-refractivity contribution in [3.05, 3.63) is 52.7 Å². The smallest absolute Gasteiger partial charge is 0.307 e. The van der Waals surface area contributed by atoms with Crippen molar-refractivity contribution in [2.45, 2.75) is 39.4 Å². The molecule has 0 radical (unpaired) electrons. The van der Waals surface area contributed by atoms with Gasteiger partial charge in [0, 0.05) is 39.2 Å². The number of ether oxygens (including phenoxy) is 1. The summed E-state index contributed by atoms with van der Waals surface area (Å²) in [5.41, 5.74) is 3.48. The molecule has 134 valence electrons. The highest BCUT2D eigenvalue weighted by Crippen LogP contribution is 2.22. The molecule has 2 aromatic rings. The van der Waals surface area contributed by atoms with Gasteiger partial charge in [-0.2, -0.15) is 0 Å².